The fourth-order valence-electron chi connectivity index (χ4n) is 2.29. The van der Waals surface area contributed by atoms with Gasteiger partial charge < -0.3 is 0 Å². The number of nitrogens with one attached hydrogen (secondary N) is 1. The molecule has 0 aliphatic rings. The predicted molar refractivity (Wildman–Crippen MR) is 95.8 cm³/mol. The molecule has 8 heteroatoms. The van der Waals surface area contributed by atoms with Crippen molar-refractivity contribution in [3.05, 3.63) is 56.7 Å². The molecule has 0 saturated carbocycles. The maximum atomic E-state index is 10.7. The minimum Gasteiger partial charge on any atom is -0.260 e. The lowest BCUT2D eigenvalue weighted by Gasteiger charge is -2.05. The van der Waals surface area contributed by atoms with E-state index >= 15 is 0 Å². The molecule has 0 aliphatic carbocycles. The number of aromatic nitrogens is 2. The number of fused-ring (bicyclic) bond motifs is 1. The van der Waals surface area contributed by atoms with Crippen molar-refractivity contribution in [1.82, 2.24) is 9.97 Å². The van der Waals surface area contributed by atoms with Crippen LogP contribution in [0.4, 0.5) is 11.5 Å². The van der Waals surface area contributed by atoms with Crippen molar-refractivity contribution in [2.45, 2.75) is 20.8 Å². The van der Waals surface area contributed by atoms with Crippen molar-refractivity contribution in [3.8, 4) is 0 Å². The molecule has 1 aromatic carbocycles. The summed E-state index contributed by atoms with van der Waals surface area (Å²) in [5.74, 6) is 0.656. The molecular weight excluding hydrogens is 326 g/mol. The van der Waals surface area contributed by atoms with E-state index in [1.54, 1.807) is 23.5 Å². The molecule has 7 nitrogen and oxygen atoms in total. The molecule has 0 aliphatic heterocycles. The van der Waals surface area contributed by atoms with Gasteiger partial charge in [-0.05, 0) is 44.0 Å². The first-order valence-electron chi connectivity index (χ1n) is 7.23. The maximum absolute atomic E-state index is 10.7. The van der Waals surface area contributed by atoms with Gasteiger partial charge in [0.05, 0.1) is 16.0 Å². The van der Waals surface area contributed by atoms with Crippen LogP contribution >= 0.6 is 11.3 Å². The molecule has 0 atom stereocenters. The molecule has 0 saturated heterocycles. The van der Waals surface area contributed by atoms with Gasteiger partial charge in [-0.1, -0.05) is 0 Å². The number of non-ortho nitro benzene ring substituents is 1. The summed E-state index contributed by atoms with van der Waals surface area (Å²) in [5, 5.41) is 16.0. The zero-order valence-electron chi connectivity index (χ0n) is 13.4. The van der Waals surface area contributed by atoms with E-state index in [2.05, 4.69) is 27.4 Å². The molecule has 0 fully saturated rings. The molecule has 0 radical (unpaired) electrons. The summed E-state index contributed by atoms with van der Waals surface area (Å²) < 4.78 is 0. The number of thiophene rings is 1. The van der Waals surface area contributed by atoms with Crippen molar-refractivity contribution in [3.63, 3.8) is 0 Å². The first kappa shape index (κ1) is 16.0. The molecular formula is C16H15N5O2S. The number of benzene rings is 1. The smallest absolute Gasteiger partial charge is 0.260 e. The van der Waals surface area contributed by atoms with Crippen LogP contribution in [0.2, 0.25) is 0 Å². The zero-order chi connectivity index (χ0) is 17.3. The lowest BCUT2D eigenvalue weighted by Crippen LogP contribution is -2.02. The maximum Gasteiger partial charge on any atom is 0.269 e. The zero-order valence-corrected chi connectivity index (χ0v) is 14.2. The highest BCUT2D eigenvalue weighted by atomic mass is 32.1. The Morgan fingerprint density at radius 1 is 1.25 bits per heavy atom. The molecule has 2 heterocycles. The number of rotatable bonds is 4. The third-order valence-electron chi connectivity index (χ3n) is 3.79. The predicted octanol–water partition coefficient (Wildman–Crippen LogP) is 4.05. The Kier molecular flexibility index (Phi) is 4.22. The van der Waals surface area contributed by atoms with Crippen LogP contribution in [-0.2, 0) is 0 Å². The fraction of sp³-hybridized carbons (Fsp3) is 0.188. The second-order valence-corrected chi connectivity index (χ2v) is 6.50. The van der Waals surface area contributed by atoms with Gasteiger partial charge in [0.15, 0.2) is 5.82 Å². The highest BCUT2D eigenvalue weighted by molar-refractivity contribution is 7.18. The Morgan fingerprint density at radius 3 is 2.62 bits per heavy atom. The van der Waals surface area contributed by atoms with Crippen molar-refractivity contribution in [1.29, 1.82) is 0 Å². The quantitative estimate of drug-likeness (QED) is 0.439. The van der Waals surface area contributed by atoms with Gasteiger partial charge in [0, 0.05) is 17.0 Å². The van der Waals surface area contributed by atoms with Gasteiger partial charge >= 0.3 is 0 Å². The summed E-state index contributed by atoms with van der Waals surface area (Å²) in [5.41, 5.74) is 5.70. The van der Waals surface area contributed by atoms with E-state index in [0.717, 1.165) is 21.3 Å². The molecule has 24 heavy (non-hydrogen) atoms. The van der Waals surface area contributed by atoms with Gasteiger partial charge in [-0.3, -0.25) is 15.5 Å². The van der Waals surface area contributed by atoms with E-state index in [9.17, 15) is 10.1 Å². The van der Waals surface area contributed by atoms with Crippen LogP contribution in [0.25, 0.3) is 10.2 Å². The Balaban J connectivity index is 1.89. The van der Waals surface area contributed by atoms with Crippen LogP contribution in [0.1, 0.15) is 22.9 Å². The highest BCUT2D eigenvalue weighted by Gasteiger charge is 2.11. The average Bonchev–Trinajstić information content (AvgIpc) is 2.88. The monoisotopic (exact) mass is 341 g/mol. The summed E-state index contributed by atoms with van der Waals surface area (Å²) in [6, 6.07) is 6.27. The SMILES string of the molecule is C/C(=N/Nc1ncnc2sc(C)c(C)c12)c1ccc([N+](=O)[O-])cc1. The highest BCUT2D eigenvalue weighted by Crippen LogP contribution is 2.32. The molecule has 3 rings (SSSR count). The molecule has 0 spiro atoms. The third kappa shape index (κ3) is 2.95. The van der Waals surface area contributed by atoms with E-state index < -0.39 is 4.92 Å². The largest absolute Gasteiger partial charge is 0.269 e. The fourth-order valence-corrected chi connectivity index (χ4v) is 3.29. The lowest BCUT2D eigenvalue weighted by molar-refractivity contribution is -0.384. The standard InChI is InChI=1S/C16H15N5O2S/c1-9-11(3)24-16-14(9)15(17-8-18-16)20-19-10(2)12-4-6-13(7-5-12)21(22)23/h4-8H,1-3H3,(H,17,18,20)/b19-10-. The van der Waals surface area contributed by atoms with Crippen molar-refractivity contribution in [2.75, 3.05) is 5.43 Å². The summed E-state index contributed by atoms with van der Waals surface area (Å²) in [6.45, 7) is 5.92. The minimum atomic E-state index is -0.423. The number of nitro groups is 1. The summed E-state index contributed by atoms with van der Waals surface area (Å²) in [6.07, 6.45) is 1.51. The number of aryl methyl sites for hydroxylation is 2. The molecule has 0 unspecified atom stereocenters. The number of hydrogen-bond donors (Lipinski definition) is 1. The number of nitro benzene ring substituents is 1. The van der Waals surface area contributed by atoms with Gasteiger partial charge in [0.2, 0.25) is 0 Å². The second-order valence-electron chi connectivity index (χ2n) is 5.30. The van der Waals surface area contributed by atoms with Crippen LogP contribution in [0, 0.1) is 24.0 Å². The van der Waals surface area contributed by atoms with Crippen LogP contribution < -0.4 is 5.43 Å². The summed E-state index contributed by atoms with van der Waals surface area (Å²) in [4.78, 5) is 21.0. The third-order valence-corrected chi connectivity index (χ3v) is 4.91. The number of anilines is 1. The number of hydrazone groups is 1. The lowest BCUT2D eigenvalue weighted by atomic mass is 10.1. The summed E-state index contributed by atoms with van der Waals surface area (Å²) >= 11 is 1.62. The topological polar surface area (TPSA) is 93.3 Å². The van der Waals surface area contributed by atoms with E-state index in [4.69, 9.17) is 0 Å². The number of hydrogen-bond acceptors (Lipinski definition) is 7. The Bertz CT molecular complexity index is 947. The van der Waals surface area contributed by atoms with Crippen LogP contribution in [0.15, 0.2) is 35.7 Å². The van der Waals surface area contributed by atoms with Crippen molar-refractivity contribution >= 4 is 38.8 Å². The first-order chi connectivity index (χ1) is 11.5. The van der Waals surface area contributed by atoms with Gasteiger partial charge in [-0.15, -0.1) is 11.3 Å². The Morgan fingerprint density at radius 2 is 1.96 bits per heavy atom. The van der Waals surface area contributed by atoms with E-state index in [1.807, 2.05) is 13.8 Å². The molecule has 122 valence electrons. The average molecular weight is 341 g/mol. The molecule has 0 amide bonds. The second kappa shape index (κ2) is 6.32. The van der Waals surface area contributed by atoms with Crippen molar-refractivity contribution in [2.24, 2.45) is 5.10 Å². The van der Waals surface area contributed by atoms with Crippen molar-refractivity contribution < 1.29 is 4.92 Å². The van der Waals surface area contributed by atoms with Gasteiger partial charge in [0.25, 0.3) is 5.69 Å². The normalized spacial score (nSPS) is 11.7. The van der Waals surface area contributed by atoms with E-state index in [0.29, 0.717) is 11.5 Å². The molecule has 2 aromatic heterocycles. The van der Waals surface area contributed by atoms with Crippen LogP contribution in [0.3, 0.4) is 0 Å². The Hall–Kier alpha value is -2.87. The van der Waals surface area contributed by atoms with Gasteiger partial charge in [-0.25, -0.2) is 9.97 Å². The molecule has 0 bridgehead atoms. The Labute approximate surface area is 142 Å². The van der Waals surface area contributed by atoms with E-state index in [-0.39, 0.29) is 5.69 Å². The van der Waals surface area contributed by atoms with Gasteiger partial charge in [-0.2, -0.15) is 5.10 Å². The number of nitrogens with zero attached hydrogens (tertiary/aromatic N) is 4. The molecule has 3 aromatic rings. The van der Waals surface area contributed by atoms with Crippen LogP contribution in [0.5, 0.6) is 0 Å². The van der Waals surface area contributed by atoms with Crippen LogP contribution in [-0.4, -0.2) is 20.6 Å². The van der Waals surface area contributed by atoms with Gasteiger partial charge in [0.1, 0.15) is 11.2 Å². The first-order valence-corrected chi connectivity index (χ1v) is 8.05. The molecule has 1 N–H and O–H groups in total. The summed E-state index contributed by atoms with van der Waals surface area (Å²) in [7, 11) is 0. The van der Waals surface area contributed by atoms with E-state index in [1.165, 1.54) is 23.3 Å². The minimum absolute atomic E-state index is 0.0568.